The molecule has 9 nitrogen and oxygen atoms in total. The van der Waals surface area contributed by atoms with Gasteiger partial charge in [0.05, 0.1) is 22.4 Å². The van der Waals surface area contributed by atoms with E-state index < -0.39 is 28.9 Å². The summed E-state index contributed by atoms with van der Waals surface area (Å²) in [6.07, 6.45) is -0.648. The number of carbonyl (C=O) groups is 2. The standard InChI is InChI=1S/C23H16O9/c1-2-3-13-20-14(8-15-17(25)10-19(31-21(13)15)32-23(28)29)16(24)9-18(30-20)11-4-6-12(7-5-11)22(26)27/h4-10H,2-3H2,1H3,(H,26,27)(H,28,29). The fourth-order valence-corrected chi connectivity index (χ4v) is 3.49. The highest BCUT2D eigenvalue weighted by Crippen LogP contribution is 2.31. The van der Waals surface area contributed by atoms with Crippen LogP contribution in [0.2, 0.25) is 0 Å². The average Bonchev–Trinajstić information content (AvgIpc) is 2.74. The first-order valence-electron chi connectivity index (χ1n) is 9.60. The Morgan fingerprint density at radius 3 is 2.12 bits per heavy atom. The summed E-state index contributed by atoms with van der Waals surface area (Å²) < 4.78 is 16.1. The van der Waals surface area contributed by atoms with E-state index in [2.05, 4.69) is 4.74 Å². The number of hydrogen-bond acceptors (Lipinski definition) is 7. The van der Waals surface area contributed by atoms with E-state index in [4.69, 9.17) is 19.0 Å². The zero-order chi connectivity index (χ0) is 23.0. The third-order valence-electron chi connectivity index (χ3n) is 4.89. The third-order valence-corrected chi connectivity index (χ3v) is 4.89. The van der Waals surface area contributed by atoms with Gasteiger partial charge in [-0.2, -0.15) is 0 Å². The Morgan fingerprint density at radius 2 is 1.53 bits per heavy atom. The monoisotopic (exact) mass is 436 g/mol. The quantitative estimate of drug-likeness (QED) is 0.346. The van der Waals surface area contributed by atoms with Gasteiger partial charge in [-0.05, 0) is 24.6 Å². The second-order valence-electron chi connectivity index (χ2n) is 7.01. The largest absolute Gasteiger partial charge is 0.513 e. The molecule has 4 rings (SSSR count). The van der Waals surface area contributed by atoms with Crippen LogP contribution >= 0.6 is 0 Å². The number of aromatic carboxylic acids is 1. The first-order chi connectivity index (χ1) is 15.3. The topological polar surface area (TPSA) is 144 Å². The highest BCUT2D eigenvalue weighted by Gasteiger charge is 2.19. The Labute approximate surface area is 179 Å². The van der Waals surface area contributed by atoms with Crippen molar-refractivity contribution in [3.8, 4) is 17.3 Å². The van der Waals surface area contributed by atoms with E-state index in [1.165, 1.54) is 36.4 Å². The molecule has 2 aromatic heterocycles. The Balaban J connectivity index is 2.02. The molecule has 0 spiro atoms. The molecule has 0 radical (unpaired) electrons. The van der Waals surface area contributed by atoms with Crippen LogP contribution in [-0.4, -0.2) is 22.3 Å². The minimum Gasteiger partial charge on any atom is -0.478 e. The first kappa shape index (κ1) is 20.9. The number of hydrogen-bond donors (Lipinski definition) is 2. The number of aryl methyl sites for hydroxylation is 1. The molecule has 0 amide bonds. The number of ether oxygens (including phenoxy) is 1. The molecule has 0 saturated heterocycles. The molecule has 4 aromatic rings. The number of fused-ring (bicyclic) bond motifs is 2. The van der Waals surface area contributed by atoms with Crippen LogP contribution in [0.25, 0.3) is 33.3 Å². The van der Waals surface area contributed by atoms with Crippen LogP contribution in [0.5, 0.6) is 5.95 Å². The highest BCUT2D eigenvalue weighted by molar-refractivity contribution is 5.97. The van der Waals surface area contributed by atoms with Crippen LogP contribution in [0.4, 0.5) is 4.79 Å². The van der Waals surface area contributed by atoms with Crippen molar-refractivity contribution in [1.29, 1.82) is 0 Å². The second-order valence-corrected chi connectivity index (χ2v) is 7.01. The molecule has 0 atom stereocenters. The van der Waals surface area contributed by atoms with Crippen LogP contribution in [0, 0.1) is 0 Å². The molecule has 9 heteroatoms. The van der Waals surface area contributed by atoms with Crippen molar-refractivity contribution in [3.63, 3.8) is 0 Å². The number of carboxylic acid groups (broad SMARTS) is 2. The Bertz CT molecular complexity index is 1490. The van der Waals surface area contributed by atoms with Crippen LogP contribution in [0.3, 0.4) is 0 Å². The fourth-order valence-electron chi connectivity index (χ4n) is 3.49. The molecule has 0 aliphatic carbocycles. The van der Waals surface area contributed by atoms with E-state index in [1.54, 1.807) is 0 Å². The van der Waals surface area contributed by atoms with Crippen molar-refractivity contribution >= 4 is 34.1 Å². The Morgan fingerprint density at radius 1 is 0.906 bits per heavy atom. The lowest BCUT2D eigenvalue weighted by molar-refractivity contribution is 0.0696. The van der Waals surface area contributed by atoms with E-state index >= 15 is 0 Å². The molecule has 0 aliphatic rings. The van der Waals surface area contributed by atoms with E-state index in [0.717, 1.165) is 6.07 Å². The lowest BCUT2D eigenvalue weighted by Gasteiger charge is -2.11. The predicted molar refractivity (Wildman–Crippen MR) is 114 cm³/mol. The van der Waals surface area contributed by atoms with E-state index in [9.17, 15) is 19.2 Å². The van der Waals surface area contributed by atoms with Gasteiger partial charge in [0, 0.05) is 17.2 Å². The first-order valence-corrected chi connectivity index (χ1v) is 9.60. The van der Waals surface area contributed by atoms with Crippen molar-refractivity contribution in [2.75, 3.05) is 0 Å². The van der Waals surface area contributed by atoms with Crippen LogP contribution < -0.4 is 15.6 Å². The van der Waals surface area contributed by atoms with Crippen molar-refractivity contribution in [3.05, 3.63) is 74.0 Å². The summed E-state index contributed by atoms with van der Waals surface area (Å²) in [5.74, 6) is -1.37. The zero-order valence-corrected chi connectivity index (χ0v) is 16.7. The van der Waals surface area contributed by atoms with E-state index in [-0.39, 0.29) is 33.3 Å². The summed E-state index contributed by atoms with van der Waals surface area (Å²) in [4.78, 5) is 47.4. The van der Waals surface area contributed by atoms with Gasteiger partial charge in [-0.15, -0.1) is 0 Å². The normalized spacial score (nSPS) is 11.0. The van der Waals surface area contributed by atoms with Gasteiger partial charge in [0.1, 0.15) is 16.9 Å². The van der Waals surface area contributed by atoms with Gasteiger partial charge in [0.2, 0.25) is 0 Å². The molecule has 2 heterocycles. The summed E-state index contributed by atoms with van der Waals surface area (Å²) >= 11 is 0. The van der Waals surface area contributed by atoms with Crippen LogP contribution in [-0.2, 0) is 6.42 Å². The van der Waals surface area contributed by atoms with Gasteiger partial charge in [0.25, 0.3) is 5.95 Å². The average molecular weight is 436 g/mol. The van der Waals surface area contributed by atoms with Gasteiger partial charge in [-0.25, -0.2) is 9.59 Å². The van der Waals surface area contributed by atoms with Gasteiger partial charge in [-0.1, -0.05) is 25.5 Å². The summed E-state index contributed by atoms with van der Waals surface area (Å²) in [7, 11) is 0. The summed E-state index contributed by atoms with van der Waals surface area (Å²) in [6.45, 7) is 1.88. The highest BCUT2D eigenvalue weighted by atomic mass is 16.7. The summed E-state index contributed by atoms with van der Waals surface area (Å²) in [6, 6.07) is 9.35. The lowest BCUT2D eigenvalue weighted by atomic mass is 10.0. The molecule has 32 heavy (non-hydrogen) atoms. The zero-order valence-electron chi connectivity index (χ0n) is 16.7. The van der Waals surface area contributed by atoms with Gasteiger partial charge < -0.3 is 23.8 Å². The van der Waals surface area contributed by atoms with E-state index in [0.29, 0.717) is 24.0 Å². The maximum Gasteiger partial charge on any atom is 0.513 e. The van der Waals surface area contributed by atoms with Gasteiger partial charge in [0.15, 0.2) is 10.9 Å². The fraction of sp³-hybridized carbons (Fsp3) is 0.130. The number of carboxylic acids is 1. The smallest absolute Gasteiger partial charge is 0.478 e. The SMILES string of the molecule is CCCc1c2oc(OC(=O)O)cc(=O)c2cc2c(=O)cc(-c3ccc(C(=O)O)cc3)oc12. The maximum absolute atomic E-state index is 12.9. The molecule has 2 aromatic carbocycles. The van der Waals surface area contributed by atoms with Crippen molar-refractivity contribution in [2.45, 2.75) is 19.8 Å². The molecular formula is C23H16O9. The second kappa shape index (κ2) is 8.03. The van der Waals surface area contributed by atoms with Crippen LogP contribution in [0.1, 0.15) is 29.3 Å². The number of rotatable bonds is 5. The Hall–Kier alpha value is -4.40. The molecule has 2 N–H and O–H groups in total. The van der Waals surface area contributed by atoms with Gasteiger partial charge >= 0.3 is 12.1 Å². The van der Waals surface area contributed by atoms with Crippen molar-refractivity contribution in [2.24, 2.45) is 0 Å². The molecule has 0 fully saturated rings. The minimum absolute atomic E-state index is 0.0737. The number of benzene rings is 2. The predicted octanol–water partition coefficient (Wildman–Crippen LogP) is 4.27. The molecule has 0 bridgehead atoms. The van der Waals surface area contributed by atoms with Crippen molar-refractivity contribution < 1.29 is 33.4 Å². The minimum atomic E-state index is -1.64. The lowest BCUT2D eigenvalue weighted by Crippen LogP contribution is -2.10. The molecule has 0 unspecified atom stereocenters. The van der Waals surface area contributed by atoms with Gasteiger partial charge in [-0.3, -0.25) is 9.59 Å². The summed E-state index contributed by atoms with van der Waals surface area (Å²) in [5, 5.41) is 18.2. The molecular weight excluding hydrogens is 420 g/mol. The molecule has 0 aliphatic heterocycles. The summed E-state index contributed by atoms with van der Waals surface area (Å²) in [5.41, 5.74) is 0.310. The Kier molecular flexibility index (Phi) is 5.23. The van der Waals surface area contributed by atoms with Crippen LogP contribution in [0.15, 0.2) is 60.9 Å². The molecule has 0 saturated carbocycles. The van der Waals surface area contributed by atoms with E-state index in [1.807, 2.05) is 6.92 Å². The third kappa shape index (κ3) is 3.71. The molecule has 162 valence electrons. The van der Waals surface area contributed by atoms with Crippen molar-refractivity contribution in [1.82, 2.24) is 0 Å². The maximum atomic E-state index is 12.9.